The van der Waals surface area contributed by atoms with Gasteiger partial charge in [0, 0.05) is 24.1 Å². The summed E-state index contributed by atoms with van der Waals surface area (Å²) in [5.41, 5.74) is 7.87. The van der Waals surface area contributed by atoms with E-state index in [0.717, 1.165) is 11.8 Å². The molecule has 1 amide bonds. The molecule has 0 aliphatic heterocycles. The standard InChI is InChI=1S/C24H27N3O5S/c1-3-27(21(25)15-16-9-5-4-6-10-16)24(30)19-12-8-7-11-17(19)18-13-14-20(28)22(23(18)29)26-33(2,31)32/h4-14,21,26,28-29H,3,15,25H2,1-2H3. The highest BCUT2D eigenvalue weighted by Crippen LogP contribution is 2.42. The van der Waals surface area contributed by atoms with E-state index in [2.05, 4.69) is 4.72 Å². The number of nitrogens with zero attached hydrogens (tertiary/aromatic N) is 1. The molecule has 0 spiro atoms. The second-order valence-electron chi connectivity index (χ2n) is 7.62. The predicted molar refractivity (Wildman–Crippen MR) is 129 cm³/mol. The van der Waals surface area contributed by atoms with Gasteiger partial charge in [0.2, 0.25) is 10.0 Å². The maximum absolute atomic E-state index is 13.5. The van der Waals surface area contributed by atoms with Crippen molar-refractivity contribution in [2.75, 3.05) is 17.5 Å². The van der Waals surface area contributed by atoms with E-state index in [9.17, 15) is 23.4 Å². The minimum absolute atomic E-state index is 0.190. The smallest absolute Gasteiger partial charge is 0.255 e. The van der Waals surface area contributed by atoms with Crippen LogP contribution in [0.15, 0.2) is 66.7 Å². The summed E-state index contributed by atoms with van der Waals surface area (Å²) in [5.74, 6) is -1.26. The fraction of sp³-hybridized carbons (Fsp3) is 0.208. The van der Waals surface area contributed by atoms with Gasteiger partial charge in [-0.1, -0.05) is 48.5 Å². The third kappa shape index (κ3) is 5.63. The number of carbonyl (C=O) groups is 1. The van der Waals surface area contributed by atoms with E-state index in [4.69, 9.17) is 5.73 Å². The van der Waals surface area contributed by atoms with Gasteiger partial charge >= 0.3 is 0 Å². The van der Waals surface area contributed by atoms with E-state index in [1.54, 1.807) is 29.2 Å². The summed E-state index contributed by atoms with van der Waals surface area (Å²) in [6.07, 6.45) is 0.799. The number of nitrogens with two attached hydrogens (primary N) is 1. The zero-order valence-corrected chi connectivity index (χ0v) is 19.2. The number of aromatic hydroxyl groups is 2. The Hall–Kier alpha value is -3.56. The number of hydrogen-bond donors (Lipinski definition) is 4. The number of likely N-dealkylation sites (N-methyl/N-ethyl adjacent to an activating group) is 1. The van der Waals surface area contributed by atoms with Crippen molar-refractivity contribution in [2.45, 2.75) is 19.5 Å². The molecule has 3 aromatic rings. The van der Waals surface area contributed by atoms with Crippen LogP contribution in [0, 0.1) is 0 Å². The van der Waals surface area contributed by atoms with Gasteiger partial charge in [0.1, 0.15) is 11.4 Å². The molecule has 5 N–H and O–H groups in total. The molecule has 0 radical (unpaired) electrons. The van der Waals surface area contributed by atoms with Crippen LogP contribution in [0.1, 0.15) is 22.8 Å². The molecule has 3 aromatic carbocycles. The lowest BCUT2D eigenvalue weighted by Crippen LogP contribution is -2.47. The largest absolute Gasteiger partial charge is 0.506 e. The molecule has 174 valence electrons. The van der Waals surface area contributed by atoms with Crippen molar-refractivity contribution in [1.82, 2.24) is 4.90 Å². The third-order valence-electron chi connectivity index (χ3n) is 5.18. The molecule has 1 atom stereocenters. The molecule has 0 heterocycles. The number of phenols is 2. The lowest BCUT2D eigenvalue weighted by atomic mass is 9.96. The molecule has 8 nitrogen and oxygen atoms in total. The fourth-order valence-corrected chi connectivity index (χ4v) is 4.21. The molecule has 0 aliphatic carbocycles. The lowest BCUT2D eigenvalue weighted by molar-refractivity contribution is 0.0694. The van der Waals surface area contributed by atoms with Gasteiger partial charge in [-0.05, 0) is 36.2 Å². The van der Waals surface area contributed by atoms with Crippen LogP contribution < -0.4 is 10.5 Å². The third-order valence-corrected chi connectivity index (χ3v) is 5.76. The molecule has 0 aromatic heterocycles. The molecule has 3 rings (SSSR count). The number of hydrogen-bond acceptors (Lipinski definition) is 6. The van der Waals surface area contributed by atoms with Gasteiger partial charge in [-0.3, -0.25) is 9.52 Å². The maximum Gasteiger partial charge on any atom is 0.255 e. The second kappa shape index (κ2) is 9.93. The van der Waals surface area contributed by atoms with E-state index >= 15 is 0 Å². The zero-order valence-electron chi connectivity index (χ0n) is 18.4. The Morgan fingerprint density at radius 1 is 1.00 bits per heavy atom. The summed E-state index contributed by atoms with van der Waals surface area (Å²) in [6.45, 7) is 2.20. The van der Waals surface area contributed by atoms with Gasteiger partial charge < -0.3 is 20.8 Å². The molecule has 0 saturated carbocycles. The first-order valence-corrected chi connectivity index (χ1v) is 12.2. The van der Waals surface area contributed by atoms with Gasteiger partial charge in [0.15, 0.2) is 5.75 Å². The number of sulfonamides is 1. The van der Waals surface area contributed by atoms with Gasteiger partial charge in [-0.2, -0.15) is 0 Å². The summed E-state index contributed by atoms with van der Waals surface area (Å²) in [5, 5.41) is 20.8. The first kappa shape index (κ1) is 24.1. The fourth-order valence-electron chi connectivity index (χ4n) is 3.64. The van der Waals surface area contributed by atoms with Crippen LogP contribution in [0.25, 0.3) is 11.1 Å². The molecule has 0 bridgehead atoms. The number of rotatable bonds is 8. The quantitative estimate of drug-likeness (QED) is 0.296. The van der Waals surface area contributed by atoms with Gasteiger partial charge in [-0.15, -0.1) is 0 Å². The minimum atomic E-state index is -3.77. The topological polar surface area (TPSA) is 133 Å². The van der Waals surface area contributed by atoms with Crippen LogP contribution in [0.5, 0.6) is 11.5 Å². The Morgan fingerprint density at radius 2 is 1.64 bits per heavy atom. The van der Waals surface area contributed by atoms with Gasteiger partial charge in [0.25, 0.3) is 5.91 Å². The van der Waals surface area contributed by atoms with Crippen molar-refractivity contribution in [1.29, 1.82) is 0 Å². The zero-order chi connectivity index (χ0) is 24.2. The van der Waals surface area contributed by atoms with Crippen molar-refractivity contribution >= 4 is 21.6 Å². The van der Waals surface area contributed by atoms with E-state index in [1.807, 2.05) is 37.3 Å². The first-order valence-electron chi connectivity index (χ1n) is 10.3. The van der Waals surface area contributed by atoms with Crippen molar-refractivity contribution in [3.05, 3.63) is 77.9 Å². The minimum Gasteiger partial charge on any atom is -0.506 e. The SMILES string of the molecule is CCN(C(=O)c1ccccc1-c1ccc(O)c(NS(C)(=O)=O)c1O)C(N)Cc1ccccc1. The van der Waals surface area contributed by atoms with Crippen molar-refractivity contribution in [2.24, 2.45) is 5.73 Å². The van der Waals surface area contributed by atoms with Crippen molar-refractivity contribution in [3.63, 3.8) is 0 Å². The normalized spacial score (nSPS) is 12.2. The van der Waals surface area contributed by atoms with Crippen LogP contribution in [0.2, 0.25) is 0 Å². The number of nitrogens with one attached hydrogen (secondary N) is 1. The highest BCUT2D eigenvalue weighted by molar-refractivity contribution is 7.92. The Bertz CT molecular complexity index is 1250. The number of anilines is 1. The van der Waals surface area contributed by atoms with Crippen molar-refractivity contribution < 1.29 is 23.4 Å². The van der Waals surface area contributed by atoms with Crippen LogP contribution >= 0.6 is 0 Å². The average molecular weight is 470 g/mol. The predicted octanol–water partition coefficient (Wildman–Crippen LogP) is 3.13. The average Bonchev–Trinajstić information content (AvgIpc) is 2.77. The van der Waals surface area contributed by atoms with Gasteiger partial charge in [-0.25, -0.2) is 8.42 Å². The summed E-state index contributed by atoms with van der Waals surface area (Å²) in [7, 11) is -3.77. The maximum atomic E-state index is 13.5. The summed E-state index contributed by atoms with van der Waals surface area (Å²) < 4.78 is 25.5. The number of carbonyl (C=O) groups excluding carboxylic acids is 1. The summed E-state index contributed by atoms with van der Waals surface area (Å²) in [6, 6.07) is 18.9. The highest BCUT2D eigenvalue weighted by Gasteiger charge is 2.25. The number of amides is 1. The van der Waals surface area contributed by atoms with Crippen LogP contribution in [0.3, 0.4) is 0 Å². The van der Waals surface area contributed by atoms with E-state index in [0.29, 0.717) is 18.5 Å². The summed E-state index contributed by atoms with van der Waals surface area (Å²) >= 11 is 0. The number of benzene rings is 3. The molecular weight excluding hydrogens is 442 g/mol. The Morgan fingerprint density at radius 3 is 2.27 bits per heavy atom. The monoisotopic (exact) mass is 469 g/mol. The van der Waals surface area contributed by atoms with Crippen LogP contribution in [-0.4, -0.2) is 48.4 Å². The molecule has 1 unspecified atom stereocenters. The van der Waals surface area contributed by atoms with Gasteiger partial charge in [0.05, 0.1) is 12.4 Å². The number of phenolic OH excluding ortho intramolecular Hbond substituents is 2. The lowest BCUT2D eigenvalue weighted by Gasteiger charge is -2.29. The molecule has 0 saturated heterocycles. The Labute approximate surface area is 193 Å². The van der Waals surface area contributed by atoms with E-state index in [1.165, 1.54) is 12.1 Å². The Kier molecular flexibility index (Phi) is 7.25. The molecular formula is C24H27N3O5S. The second-order valence-corrected chi connectivity index (χ2v) is 9.37. The molecule has 0 aliphatic rings. The first-order chi connectivity index (χ1) is 15.6. The highest BCUT2D eigenvalue weighted by atomic mass is 32.2. The molecule has 0 fully saturated rings. The van der Waals surface area contributed by atoms with E-state index in [-0.39, 0.29) is 22.7 Å². The van der Waals surface area contributed by atoms with Crippen LogP contribution in [0.4, 0.5) is 5.69 Å². The van der Waals surface area contributed by atoms with Crippen molar-refractivity contribution in [3.8, 4) is 22.6 Å². The van der Waals surface area contributed by atoms with Crippen LogP contribution in [-0.2, 0) is 16.4 Å². The summed E-state index contributed by atoms with van der Waals surface area (Å²) in [4.78, 5) is 15.0. The van der Waals surface area contributed by atoms with E-state index < -0.39 is 27.7 Å². The molecule has 9 heteroatoms. The molecule has 33 heavy (non-hydrogen) atoms. The Balaban J connectivity index is 2.01.